The van der Waals surface area contributed by atoms with E-state index in [2.05, 4.69) is 22.6 Å². The van der Waals surface area contributed by atoms with Crippen LogP contribution >= 0.6 is 34.2 Å². The maximum Gasteiger partial charge on any atom is 0.316 e. The summed E-state index contributed by atoms with van der Waals surface area (Å²) >= 11 is 7.74. The molecule has 0 aromatic rings. The Bertz CT molecular complexity index is 279. The summed E-state index contributed by atoms with van der Waals surface area (Å²) in [6.07, 6.45) is 2.58. The predicted molar refractivity (Wildman–Crippen MR) is 60.6 cm³/mol. The summed E-state index contributed by atoms with van der Waals surface area (Å²) in [6, 6.07) is 0. The quantitative estimate of drug-likeness (QED) is 0.451. The highest BCUT2D eigenvalue weighted by molar-refractivity contribution is 14.1. The third kappa shape index (κ3) is 1.92. The molecule has 3 nitrogen and oxygen atoms in total. The van der Waals surface area contributed by atoms with Crippen molar-refractivity contribution in [3.05, 3.63) is 9.66 Å². The van der Waals surface area contributed by atoms with E-state index in [1.54, 1.807) is 0 Å². The molecule has 0 radical (unpaired) electrons. The third-order valence-corrected chi connectivity index (χ3v) is 3.64. The standard InChI is InChI=1S/C9H10ClIO3/c10-1-2-13-7-4-8-6(11)3-5(7)9(12)14-8/h3,5,7-8H,1-2,4H2/t5-,7-,8-/m0/s1. The number of rotatable bonds is 3. The lowest BCUT2D eigenvalue weighted by atomic mass is 9.88. The van der Waals surface area contributed by atoms with Crippen LogP contribution in [0.2, 0.25) is 0 Å². The first kappa shape index (κ1) is 10.7. The molecule has 1 saturated heterocycles. The van der Waals surface area contributed by atoms with Crippen molar-refractivity contribution in [1.29, 1.82) is 0 Å². The monoisotopic (exact) mass is 328 g/mol. The minimum Gasteiger partial charge on any atom is -0.456 e. The molecule has 2 aliphatic heterocycles. The number of hydrogen-bond acceptors (Lipinski definition) is 3. The van der Waals surface area contributed by atoms with Crippen molar-refractivity contribution >= 4 is 40.2 Å². The average molecular weight is 329 g/mol. The van der Waals surface area contributed by atoms with Gasteiger partial charge in [-0.05, 0) is 22.6 Å². The fraction of sp³-hybridized carbons (Fsp3) is 0.667. The number of halogens is 2. The van der Waals surface area contributed by atoms with Crippen LogP contribution in [0, 0.1) is 5.92 Å². The summed E-state index contributed by atoms with van der Waals surface area (Å²) in [5, 5.41) is 0. The molecular formula is C9H10ClIO3. The highest BCUT2D eigenvalue weighted by atomic mass is 127. The van der Waals surface area contributed by atoms with Crippen molar-refractivity contribution in [2.24, 2.45) is 5.92 Å². The van der Waals surface area contributed by atoms with E-state index in [4.69, 9.17) is 21.1 Å². The van der Waals surface area contributed by atoms with E-state index in [1.165, 1.54) is 0 Å². The fourth-order valence-electron chi connectivity index (χ4n) is 1.77. The number of alkyl halides is 1. The second kappa shape index (κ2) is 4.37. The molecule has 2 heterocycles. The Hall–Kier alpha value is 0.190. The van der Waals surface area contributed by atoms with Crippen LogP contribution in [0.25, 0.3) is 0 Å². The topological polar surface area (TPSA) is 35.5 Å². The normalized spacial score (nSPS) is 35.4. The van der Waals surface area contributed by atoms with E-state index in [0.717, 1.165) is 10.0 Å². The van der Waals surface area contributed by atoms with E-state index in [1.807, 2.05) is 6.08 Å². The molecule has 0 saturated carbocycles. The van der Waals surface area contributed by atoms with E-state index in [-0.39, 0.29) is 24.1 Å². The number of esters is 1. The van der Waals surface area contributed by atoms with Gasteiger partial charge in [0.25, 0.3) is 0 Å². The lowest BCUT2D eigenvalue weighted by Gasteiger charge is -2.38. The van der Waals surface area contributed by atoms with Crippen molar-refractivity contribution in [1.82, 2.24) is 0 Å². The number of carbonyl (C=O) groups is 1. The van der Waals surface area contributed by atoms with Gasteiger partial charge in [0.05, 0.1) is 12.7 Å². The summed E-state index contributed by atoms with van der Waals surface area (Å²) in [5.74, 6) is 0.0698. The predicted octanol–water partition coefficient (Wildman–Crippen LogP) is 1.87. The molecule has 1 aliphatic carbocycles. The van der Waals surface area contributed by atoms with E-state index in [0.29, 0.717) is 12.5 Å². The molecule has 0 aromatic carbocycles. The maximum absolute atomic E-state index is 11.4. The summed E-state index contributed by atoms with van der Waals surface area (Å²) < 4.78 is 11.8. The fourth-order valence-corrected chi connectivity index (χ4v) is 2.62. The Kier molecular flexibility index (Phi) is 3.34. The van der Waals surface area contributed by atoms with Crippen molar-refractivity contribution in [2.75, 3.05) is 12.5 Å². The molecular weight excluding hydrogens is 318 g/mol. The molecule has 5 heteroatoms. The molecule has 3 rings (SSSR count). The molecule has 0 aromatic heterocycles. The van der Waals surface area contributed by atoms with Gasteiger partial charge in [0.15, 0.2) is 0 Å². The lowest BCUT2D eigenvalue weighted by molar-refractivity contribution is -0.168. The van der Waals surface area contributed by atoms with Gasteiger partial charge in [-0.3, -0.25) is 4.79 Å². The van der Waals surface area contributed by atoms with Gasteiger partial charge < -0.3 is 9.47 Å². The minimum atomic E-state index is -0.227. The Labute approximate surface area is 101 Å². The van der Waals surface area contributed by atoms with E-state index in [9.17, 15) is 4.79 Å². The van der Waals surface area contributed by atoms with Crippen LogP contribution < -0.4 is 0 Å². The Balaban J connectivity index is 2.07. The highest BCUT2D eigenvalue weighted by Crippen LogP contribution is 2.37. The zero-order valence-electron chi connectivity index (χ0n) is 7.41. The second-order valence-electron chi connectivity index (χ2n) is 3.34. The van der Waals surface area contributed by atoms with Gasteiger partial charge in [-0.1, -0.05) is 6.08 Å². The molecule has 0 unspecified atom stereocenters. The number of carbonyl (C=O) groups excluding carboxylic acids is 1. The third-order valence-electron chi connectivity index (χ3n) is 2.43. The lowest BCUT2D eigenvalue weighted by Crippen LogP contribution is -2.46. The van der Waals surface area contributed by atoms with Gasteiger partial charge in [-0.15, -0.1) is 11.6 Å². The summed E-state index contributed by atoms with van der Waals surface area (Å²) in [7, 11) is 0. The van der Waals surface area contributed by atoms with Crippen LogP contribution in [0.5, 0.6) is 0 Å². The SMILES string of the molecule is O=C1O[C@H]2C[C@H](OCCCl)[C@@H]1C=C2I. The van der Waals surface area contributed by atoms with Gasteiger partial charge in [-0.2, -0.15) is 0 Å². The molecule has 3 atom stereocenters. The molecule has 0 N–H and O–H groups in total. The molecule has 78 valence electrons. The largest absolute Gasteiger partial charge is 0.456 e. The molecule has 14 heavy (non-hydrogen) atoms. The first-order valence-corrected chi connectivity index (χ1v) is 6.09. The van der Waals surface area contributed by atoms with Gasteiger partial charge >= 0.3 is 5.97 Å². The molecule has 2 bridgehead atoms. The van der Waals surface area contributed by atoms with Gasteiger partial charge in [0.1, 0.15) is 12.0 Å². The van der Waals surface area contributed by atoms with Crippen LogP contribution in [0.4, 0.5) is 0 Å². The van der Waals surface area contributed by atoms with Crippen molar-refractivity contribution < 1.29 is 14.3 Å². The van der Waals surface area contributed by atoms with Gasteiger partial charge in [-0.25, -0.2) is 0 Å². The van der Waals surface area contributed by atoms with E-state index < -0.39 is 0 Å². The zero-order chi connectivity index (χ0) is 10.1. The average Bonchev–Trinajstić information content (AvgIpc) is 2.17. The molecule has 3 aliphatic rings. The second-order valence-corrected chi connectivity index (χ2v) is 4.96. The smallest absolute Gasteiger partial charge is 0.316 e. The van der Waals surface area contributed by atoms with Crippen LogP contribution in [0.1, 0.15) is 6.42 Å². The highest BCUT2D eigenvalue weighted by Gasteiger charge is 2.43. The first-order chi connectivity index (χ1) is 6.72. The van der Waals surface area contributed by atoms with Crippen LogP contribution in [0.3, 0.4) is 0 Å². The van der Waals surface area contributed by atoms with Crippen molar-refractivity contribution in [2.45, 2.75) is 18.6 Å². The number of ether oxygens (including phenoxy) is 2. The minimum absolute atomic E-state index is 0.0430. The Morgan fingerprint density at radius 3 is 3.14 bits per heavy atom. The van der Waals surface area contributed by atoms with Gasteiger partial charge in [0.2, 0.25) is 0 Å². The Morgan fingerprint density at radius 2 is 2.50 bits per heavy atom. The molecule has 0 amide bonds. The van der Waals surface area contributed by atoms with Crippen LogP contribution in [0.15, 0.2) is 9.66 Å². The summed E-state index contributed by atoms with van der Waals surface area (Å²) in [6.45, 7) is 0.493. The van der Waals surface area contributed by atoms with Gasteiger partial charge in [0, 0.05) is 15.9 Å². The zero-order valence-corrected chi connectivity index (χ0v) is 10.3. The molecule has 1 fully saturated rings. The van der Waals surface area contributed by atoms with Crippen molar-refractivity contribution in [3.8, 4) is 0 Å². The number of hydrogen-bond donors (Lipinski definition) is 0. The maximum atomic E-state index is 11.4. The van der Waals surface area contributed by atoms with Crippen LogP contribution in [-0.2, 0) is 14.3 Å². The molecule has 0 spiro atoms. The Morgan fingerprint density at radius 1 is 1.71 bits per heavy atom. The number of fused-ring (bicyclic) bond motifs is 2. The first-order valence-electron chi connectivity index (χ1n) is 4.47. The summed E-state index contributed by atoms with van der Waals surface area (Å²) in [5.41, 5.74) is 0. The van der Waals surface area contributed by atoms with Crippen molar-refractivity contribution in [3.63, 3.8) is 0 Å². The van der Waals surface area contributed by atoms with E-state index >= 15 is 0 Å². The van der Waals surface area contributed by atoms with Crippen LogP contribution in [-0.4, -0.2) is 30.7 Å². The summed E-state index contributed by atoms with van der Waals surface area (Å²) in [4.78, 5) is 11.4.